The number of halogens is 1. The van der Waals surface area contributed by atoms with E-state index in [0.717, 1.165) is 15.8 Å². The molecule has 1 heterocycles. The molecule has 3 nitrogen and oxygen atoms in total. The lowest BCUT2D eigenvalue weighted by Gasteiger charge is -2.09. The van der Waals surface area contributed by atoms with Gasteiger partial charge in [-0.25, -0.2) is 0 Å². The van der Waals surface area contributed by atoms with E-state index in [1.54, 1.807) is 26.2 Å². The van der Waals surface area contributed by atoms with Crippen LogP contribution in [0.4, 0.5) is 0 Å². The maximum atomic E-state index is 12.6. The molecule has 0 saturated carbocycles. The molecule has 0 aliphatic heterocycles. The number of benzene rings is 1. The molecule has 0 unspecified atom stereocenters. The van der Waals surface area contributed by atoms with E-state index < -0.39 is 0 Å². The second kappa shape index (κ2) is 5.21. The van der Waals surface area contributed by atoms with Gasteiger partial charge < -0.3 is 9.15 Å². The lowest BCUT2D eigenvalue weighted by molar-refractivity contribution is 0.103. The molecular weight excluding hydrogens is 308 g/mol. The molecule has 0 amide bonds. The lowest BCUT2D eigenvalue weighted by Crippen LogP contribution is -2.05. The number of rotatable bonds is 3. The molecule has 0 bridgehead atoms. The van der Waals surface area contributed by atoms with Crippen LogP contribution in [0, 0.1) is 20.8 Å². The third-order valence-corrected chi connectivity index (χ3v) is 3.87. The van der Waals surface area contributed by atoms with Crippen molar-refractivity contribution in [3.05, 3.63) is 50.9 Å². The van der Waals surface area contributed by atoms with Crippen molar-refractivity contribution >= 4 is 21.7 Å². The van der Waals surface area contributed by atoms with Crippen LogP contribution in [0.25, 0.3) is 0 Å². The Morgan fingerprint density at radius 2 is 1.84 bits per heavy atom. The number of hydrogen-bond acceptors (Lipinski definition) is 3. The van der Waals surface area contributed by atoms with Crippen molar-refractivity contribution in [3.8, 4) is 5.75 Å². The third-order valence-electron chi connectivity index (χ3n) is 3.01. The second-order valence-corrected chi connectivity index (χ2v) is 5.31. The van der Waals surface area contributed by atoms with Crippen molar-refractivity contribution in [1.29, 1.82) is 0 Å². The Bertz CT molecular complexity index is 641. The van der Waals surface area contributed by atoms with E-state index in [2.05, 4.69) is 15.9 Å². The zero-order valence-electron chi connectivity index (χ0n) is 11.3. The first-order valence-electron chi connectivity index (χ1n) is 5.90. The smallest absolute Gasteiger partial charge is 0.200 e. The molecule has 0 aliphatic rings. The molecule has 0 radical (unpaired) electrons. The average molecular weight is 323 g/mol. The Balaban J connectivity index is 2.55. The van der Waals surface area contributed by atoms with E-state index in [1.807, 2.05) is 19.9 Å². The minimum Gasteiger partial charge on any atom is -0.496 e. The summed E-state index contributed by atoms with van der Waals surface area (Å²) in [5.74, 6) is 1.84. The summed E-state index contributed by atoms with van der Waals surface area (Å²) in [6.45, 7) is 5.57. The van der Waals surface area contributed by atoms with Crippen molar-refractivity contribution in [2.24, 2.45) is 0 Å². The van der Waals surface area contributed by atoms with Crippen molar-refractivity contribution in [1.82, 2.24) is 0 Å². The van der Waals surface area contributed by atoms with Crippen LogP contribution in [0.15, 0.2) is 27.1 Å². The van der Waals surface area contributed by atoms with Crippen molar-refractivity contribution in [2.45, 2.75) is 20.8 Å². The fraction of sp³-hybridized carbons (Fsp3) is 0.267. The Kier molecular flexibility index (Phi) is 3.80. The summed E-state index contributed by atoms with van der Waals surface area (Å²) < 4.78 is 11.6. The van der Waals surface area contributed by atoms with Gasteiger partial charge in [-0.1, -0.05) is 15.9 Å². The first-order valence-corrected chi connectivity index (χ1v) is 6.69. The largest absolute Gasteiger partial charge is 0.496 e. The van der Waals surface area contributed by atoms with Gasteiger partial charge in [0.15, 0.2) is 5.78 Å². The topological polar surface area (TPSA) is 39.4 Å². The Morgan fingerprint density at radius 3 is 2.37 bits per heavy atom. The fourth-order valence-electron chi connectivity index (χ4n) is 2.00. The third kappa shape index (κ3) is 2.59. The number of ether oxygens (including phenoxy) is 1. The van der Waals surface area contributed by atoms with E-state index in [0.29, 0.717) is 22.6 Å². The number of furan rings is 1. The molecule has 0 N–H and O–H groups in total. The van der Waals surface area contributed by atoms with Crippen molar-refractivity contribution in [3.63, 3.8) is 0 Å². The molecule has 0 spiro atoms. The molecule has 1 aromatic heterocycles. The molecule has 0 fully saturated rings. The van der Waals surface area contributed by atoms with Crippen LogP contribution >= 0.6 is 15.9 Å². The summed E-state index contributed by atoms with van der Waals surface area (Å²) in [5.41, 5.74) is 2.13. The molecule has 19 heavy (non-hydrogen) atoms. The van der Waals surface area contributed by atoms with Gasteiger partial charge in [0.25, 0.3) is 0 Å². The molecule has 2 rings (SSSR count). The van der Waals surface area contributed by atoms with Gasteiger partial charge in [-0.3, -0.25) is 4.79 Å². The van der Waals surface area contributed by atoms with Gasteiger partial charge >= 0.3 is 0 Å². The molecule has 4 heteroatoms. The first-order chi connectivity index (χ1) is 8.93. The van der Waals surface area contributed by atoms with Crippen LogP contribution in [0.5, 0.6) is 5.75 Å². The average Bonchev–Trinajstić information content (AvgIpc) is 2.70. The first kappa shape index (κ1) is 13.9. The van der Waals surface area contributed by atoms with E-state index in [1.165, 1.54) is 0 Å². The molecule has 0 aliphatic carbocycles. The van der Waals surface area contributed by atoms with Crippen LogP contribution in [0.2, 0.25) is 0 Å². The second-order valence-electron chi connectivity index (χ2n) is 4.46. The van der Waals surface area contributed by atoms with Crippen molar-refractivity contribution < 1.29 is 13.9 Å². The van der Waals surface area contributed by atoms with Crippen molar-refractivity contribution in [2.75, 3.05) is 7.11 Å². The number of aryl methyl sites for hydroxylation is 3. The highest BCUT2D eigenvalue weighted by atomic mass is 79.9. The van der Waals surface area contributed by atoms with Crippen LogP contribution in [0.3, 0.4) is 0 Å². The predicted octanol–water partition coefficient (Wildman–Crippen LogP) is 4.21. The fourth-order valence-corrected chi connectivity index (χ4v) is 2.35. The number of methoxy groups -OCH3 is 1. The number of carbonyl (C=O) groups is 1. The van der Waals surface area contributed by atoms with Gasteiger partial charge in [-0.05, 0) is 44.5 Å². The summed E-state index contributed by atoms with van der Waals surface area (Å²) in [4.78, 5) is 12.6. The Hall–Kier alpha value is -1.55. The Morgan fingerprint density at radius 1 is 1.16 bits per heavy atom. The van der Waals surface area contributed by atoms with Crippen LogP contribution in [-0.4, -0.2) is 12.9 Å². The van der Waals surface area contributed by atoms with E-state index in [9.17, 15) is 4.79 Å². The molecular formula is C15H15BrO3. The summed E-state index contributed by atoms with van der Waals surface area (Å²) >= 11 is 3.44. The summed E-state index contributed by atoms with van der Waals surface area (Å²) in [6.07, 6.45) is 0. The van der Waals surface area contributed by atoms with Gasteiger partial charge in [-0.2, -0.15) is 0 Å². The highest BCUT2D eigenvalue weighted by Crippen LogP contribution is 2.30. The number of ketones is 1. The van der Waals surface area contributed by atoms with Crippen LogP contribution in [0.1, 0.15) is 33.0 Å². The van der Waals surface area contributed by atoms with Gasteiger partial charge in [0.1, 0.15) is 17.3 Å². The lowest BCUT2D eigenvalue weighted by atomic mass is 10.0. The summed E-state index contributed by atoms with van der Waals surface area (Å²) in [6, 6.07) is 5.39. The highest BCUT2D eigenvalue weighted by Gasteiger charge is 2.20. The number of hydrogen-bond donors (Lipinski definition) is 0. The molecule has 100 valence electrons. The standard InChI is InChI=1S/C15H15BrO3/c1-8-5-14(18-4)12(7-13(8)16)15(17)11-6-9(2)19-10(11)3/h5-7H,1-4H3. The van der Waals surface area contributed by atoms with Gasteiger partial charge in [0.2, 0.25) is 0 Å². The van der Waals surface area contributed by atoms with E-state index in [-0.39, 0.29) is 5.78 Å². The van der Waals surface area contributed by atoms with E-state index in [4.69, 9.17) is 9.15 Å². The zero-order valence-corrected chi connectivity index (χ0v) is 12.9. The molecule has 1 aromatic carbocycles. The SMILES string of the molecule is COc1cc(C)c(Br)cc1C(=O)c1cc(C)oc1C. The quantitative estimate of drug-likeness (QED) is 0.795. The summed E-state index contributed by atoms with van der Waals surface area (Å²) in [7, 11) is 1.56. The van der Waals surface area contributed by atoms with Crippen LogP contribution in [-0.2, 0) is 0 Å². The van der Waals surface area contributed by atoms with Crippen LogP contribution < -0.4 is 4.74 Å². The number of carbonyl (C=O) groups excluding carboxylic acids is 1. The monoisotopic (exact) mass is 322 g/mol. The van der Waals surface area contributed by atoms with Gasteiger partial charge in [-0.15, -0.1) is 0 Å². The predicted molar refractivity (Wildman–Crippen MR) is 77.0 cm³/mol. The van der Waals surface area contributed by atoms with Gasteiger partial charge in [0.05, 0.1) is 18.2 Å². The zero-order chi connectivity index (χ0) is 14.2. The minimum atomic E-state index is -0.0908. The molecule has 2 aromatic rings. The maximum absolute atomic E-state index is 12.6. The normalized spacial score (nSPS) is 10.6. The highest BCUT2D eigenvalue weighted by molar-refractivity contribution is 9.10. The molecule has 0 atom stereocenters. The molecule has 0 saturated heterocycles. The Labute approximate surface area is 120 Å². The van der Waals surface area contributed by atoms with E-state index >= 15 is 0 Å². The van der Waals surface area contributed by atoms with Gasteiger partial charge in [0, 0.05) is 4.47 Å². The minimum absolute atomic E-state index is 0.0908. The summed E-state index contributed by atoms with van der Waals surface area (Å²) in [5, 5.41) is 0. The maximum Gasteiger partial charge on any atom is 0.200 e.